The standard InChI is InChI=1S/C10H6Br2ClNO2S2/c11-6-1-2-9(8(13)5-6)14-18(15,16)10-7(12)3-4-17-10/h1-5,14H. The first-order chi connectivity index (χ1) is 8.40. The molecular formula is C10H6Br2ClNO2S2. The Bertz CT molecular complexity index is 685. The van der Waals surface area contributed by atoms with Gasteiger partial charge in [0.05, 0.1) is 10.7 Å². The van der Waals surface area contributed by atoms with Crippen LogP contribution in [0.5, 0.6) is 0 Å². The van der Waals surface area contributed by atoms with Crippen LogP contribution in [0, 0.1) is 0 Å². The predicted octanol–water partition coefficient (Wildman–Crippen LogP) is 4.73. The number of anilines is 1. The summed E-state index contributed by atoms with van der Waals surface area (Å²) in [5, 5.41) is 2.03. The third-order valence-electron chi connectivity index (χ3n) is 2.00. The maximum absolute atomic E-state index is 12.1. The normalized spacial score (nSPS) is 11.5. The minimum atomic E-state index is -3.61. The summed E-state index contributed by atoms with van der Waals surface area (Å²) in [5.74, 6) is 0. The van der Waals surface area contributed by atoms with Crippen LogP contribution in [0.3, 0.4) is 0 Å². The number of nitrogens with one attached hydrogen (secondary N) is 1. The Morgan fingerprint density at radius 3 is 2.50 bits per heavy atom. The van der Waals surface area contributed by atoms with Crippen LogP contribution in [-0.4, -0.2) is 8.42 Å². The molecule has 0 bridgehead atoms. The molecule has 0 radical (unpaired) electrons. The molecule has 0 atom stereocenters. The van der Waals surface area contributed by atoms with E-state index in [0.29, 0.717) is 15.2 Å². The molecule has 0 aliphatic rings. The Hall–Kier alpha value is -0.0800. The van der Waals surface area contributed by atoms with Gasteiger partial charge in [0.15, 0.2) is 4.21 Å². The van der Waals surface area contributed by atoms with Crippen molar-refractivity contribution >= 4 is 70.5 Å². The fourth-order valence-corrected chi connectivity index (χ4v) is 5.43. The van der Waals surface area contributed by atoms with E-state index in [1.54, 1.807) is 29.6 Å². The van der Waals surface area contributed by atoms with Gasteiger partial charge in [-0.3, -0.25) is 4.72 Å². The van der Waals surface area contributed by atoms with Crippen molar-refractivity contribution in [3.8, 4) is 0 Å². The second kappa shape index (κ2) is 5.50. The van der Waals surface area contributed by atoms with Crippen LogP contribution in [0.2, 0.25) is 5.02 Å². The molecule has 0 unspecified atom stereocenters. The van der Waals surface area contributed by atoms with Gasteiger partial charge in [0.2, 0.25) is 0 Å². The largest absolute Gasteiger partial charge is 0.277 e. The molecule has 18 heavy (non-hydrogen) atoms. The molecule has 0 spiro atoms. The van der Waals surface area contributed by atoms with E-state index in [0.717, 1.165) is 15.8 Å². The van der Waals surface area contributed by atoms with E-state index in [1.165, 1.54) is 0 Å². The maximum Gasteiger partial charge on any atom is 0.272 e. The zero-order chi connectivity index (χ0) is 13.3. The maximum atomic E-state index is 12.1. The smallest absolute Gasteiger partial charge is 0.272 e. The van der Waals surface area contributed by atoms with Crippen molar-refractivity contribution in [1.29, 1.82) is 0 Å². The van der Waals surface area contributed by atoms with Gasteiger partial charge in [-0.15, -0.1) is 11.3 Å². The molecule has 3 nitrogen and oxygen atoms in total. The summed E-state index contributed by atoms with van der Waals surface area (Å²) in [7, 11) is -3.61. The van der Waals surface area contributed by atoms with Crippen LogP contribution in [0.25, 0.3) is 0 Å². The number of rotatable bonds is 3. The van der Waals surface area contributed by atoms with Crippen molar-refractivity contribution in [3.05, 3.63) is 43.6 Å². The van der Waals surface area contributed by atoms with Crippen molar-refractivity contribution < 1.29 is 8.42 Å². The van der Waals surface area contributed by atoms with Crippen LogP contribution in [0.1, 0.15) is 0 Å². The molecule has 2 rings (SSSR count). The van der Waals surface area contributed by atoms with E-state index in [9.17, 15) is 8.42 Å². The molecule has 0 amide bonds. The van der Waals surface area contributed by atoms with E-state index in [2.05, 4.69) is 36.6 Å². The van der Waals surface area contributed by atoms with Crippen molar-refractivity contribution in [2.75, 3.05) is 4.72 Å². The molecule has 0 aliphatic carbocycles. The van der Waals surface area contributed by atoms with E-state index in [4.69, 9.17) is 11.6 Å². The van der Waals surface area contributed by atoms with Gasteiger partial charge in [-0.1, -0.05) is 27.5 Å². The highest BCUT2D eigenvalue weighted by Crippen LogP contribution is 2.32. The highest BCUT2D eigenvalue weighted by Gasteiger charge is 2.20. The Balaban J connectivity index is 2.37. The second-order valence-corrected chi connectivity index (χ2v) is 8.26. The monoisotopic (exact) mass is 429 g/mol. The molecule has 0 saturated heterocycles. The lowest BCUT2D eigenvalue weighted by Gasteiger charge is -2.08. The zero-order valence-electron chi connectivity index (χ0n) is 8.65. The first-order valence-corrected chi connectivity index (χ1v) is 8.94. The summed E-state index contributed by atoms with van der Waals surface area (Å²) in [6, 6.07) is 6.63. The summed E-state index contributed by atoms with van der Waals surface area (Å²) in [5.41, 5.74) is 0.347. The number of hydrogen-bond acceptors (Lipinski definition) is 3. The predicted molar refractivity (Wildman–Crippen MR) is 82.0 cm³/mol. The molecule has 96 valence electrons. The Morgan fingerprint density at radius 2 is 1.94 bits per heavy atom. The highest BCUT2D eigenvalue weighted by molar-refractivity contribution is 9.10. The highest BCUT2D eigenvalue weighted by atomic mass is 79.9. The Kier molecular flexibility index (Phi) is 4.38. The lowest BCUT2D eigenvalue weighted by Crippen LogP contribution is -2.12. The lowest BCUT2D eigenvalue weighted by atomic mass is 10.3. The fourth-order valence-electron chi connectivity index (χ4n) is 1.23. The van der Waals surface area contributed by atoms with Crippen molar-refractivity contribution in [1.82, 2.24) is 0 Å². The molecule has 0 aliphatic heterocycles. The van der Waals surface area contributed by atoms with Crippen LogP contribution < -0.4 is 4.72 Å². The summed E-state index contributed by atoms with van der Waals surface area (Å²) in [6.45, 7) is 0. The average Bonchev–Trinajstić information content (AvgIpc) is 2.69. The van der Waals surface area contributed by atoms with E-state index in [1.807, 2.05) is 0 Å². The lowest BCUT2D eigenvalue weighted by molar-refractivity contribution is 0.603. The minimum absolute atomic E-state index is 0.224. The number of halogens is 3. The Labute approximate surface area is 130 Å². The number of thiophene rings is 1. The summed E-state index contributed by atoms with van der Waals surface area (Å²) in [4.78, 5) is 0. The number of benzene rings is 1. The number of hydrogen-bond donors (Lipinski definition) is 1. The van der Waals surface area contributed by atoms with Crippen molar-refractivity contribution in [2.45, 2.75) is 4.21 Å². The van der Waals surface area contributed by atoms with Crippen LogP contribution in [0.4, 0.5) is 5.69 Å². The molecule has 2 aromatic rings. The topological polar surface area (TPSA) is 46.2 Å². The van der Waals surface area contributed by atoms with E-state index in [-0.39, 0.29) is 4.21 Å². The summed E-state index contributed by atoms with van der Waals surface area (Å²) >= 11 is 13.6. The summed E-state index contributed by atoms with van der Waals surface area (Å²) in [6.07, 6.45) is 0. The van der Waals surface area contributed by atoms with Gasteiger partial charge in [0, 0.05) is 8.95 Å². The van der Waals surface area contributed by atoms with Gasteiger partial charge in [0.25, 0.3) is 10.0 Å². The van der Waals surface area contributed by atoms with Crippen LogP contribution in [0.15, 0.2) is 42.8 Å². The molecule has 8 heteroatoms. The van der Waals surface area contributed by atoms with Crippen molar-refractivity contribution in [3.63, 3.8) is 0 Å². The average molecular weight is 432 g/mol. The quantitative estimate of drug-likeness (QED) is 0.764. The SMILES string of the molecule is O=S(=O)(Nc1ccc(Br)cc1Cl)c1sccc1Br. The van der Waals surface area contributed by atoms with E-state index < -0.39 is 10.0 Å². The molecular weight excluding hydrogens is 426 g/mol. The first kappa shape index (κ1) is 14.3. The van der Waals surface area contributed by atoms with Gasteiger partial charge in [-0.2, -0.15) is 0 Å². The van der Waals surface area contributed by atoms with Gasteiger partial charge in [0.1, 0.15) is 0 Å². The van der Waals surface area contributed by atoms with Gasteiger partial charge < -0.3 is 0 Å². The first-order valence-electron chi connectivity index (χ1n) is 4.61. The van der Waals surface area contributed by atoms with Gasteiger partial charge in [-0.05, 0) is 45.6 Å². The molecule has 0 fully saturated rings. The fraction of sp³-hybridized carbons (Fsp3) is 0. The summed E-state index contributed by atoms with van der Waals surface area (Å²) < 4.78 is 28.2. The minimum Gasteiger partial charge on any atom is -0.277 e. The molecule has 0 saturated carbocycles. The zero-order valence-corrected chi connectivity index (χ0v) is 14.2. The molecule has 1 heterocycles. The Morgan fingerprint density at radius 1 is 1.22 bits per heavy atom. The van der Waals surface area contributed by atoms with Crippen LogP contribution >= 0.6 is 54.8 Å². The molecule has 1 aromatic carbocycles. The molecule has 1 N–H and O–H groups in total. The number of sulfonamides is 1. The third-order valence-corrected chi connectivity index (χ3v) is 6.85. The van der Waals surface area contributed by atoms with Crippen LogP contribution in [-0.2, 0) is 10.0 Å². The van der Waals surface area contributed by atoms with Gasteiger partial charge in [-0.25, -0.2) is 8.42 Å². The van der Waals surface area contributed by atoms with Crippen molar-refractivity contribution in [2.24, 2.45) is 0 Å². The van der Waals surface area contributed by atoms with Gasteiger partial charge >= 0.3 is 0 Å². The second-order valence-electron chi connectivity index (χ2n) is 3.29. The van der Waals surface area contributed by atoms with E-state index >= 15 is 0 Å². The third kappa shape index (κ3) is 3.08. The molecule has 1 aromatic heterocycles.